The van der Waals surface area contributed by atoms with Gasteiger partial charge >= 0.3 is 0 Å². The molecule has 1 aliphatic rings. The molecule has 0 aromatic rings. The van der Waals surface area contributed by atoms with Crippen LogP contribution in [0.2, 0.25) is 0 Å². The summed E-state index contributed by atoms with van der Waals surface area (Å²) in [4.78, 5) is 33.8. The van der Waals surface area contributed by atoms with Crippen molar-refractivity contribution in [1.82, 2.24) is 10.6 Å². The maximum atomic E-state index is 11.9. The molecule has 0 bridgehead atoms. The smallest absolute Gasteiger partial charge is 0.249 e. The number of hydrogen-bond acceptors (Lipinski definition) is 8. The maximum Gasteiger partial charge on any atom is 0.249 e. The summed E-state index contributed by atoms with van der Waals surface area (Å²) in [7, 11) is 0. The minimum absolute atomic E-state index is 0.502. The van der Waals surface area contributed by atoms with Crippen molar-refractivity contribution >= 4 is 18.1 Å². The molecule has 0 spiro atoms. The molecule has 1 heterocycles. The van der Waals surface area contributed by atoms with Gasteiger partial charge in [-0.15, -0.1) is 0 Å². The number of carbonyl (C=O) groups is 3. The second-order valence-electron chi connectivity index (χ2n) is 5.64. The average Bonchev–Trinajstić information content (AvgIpc) is 2.52. The Balaban J connectivity index is 2.88. The molecule has 24 heavy (non-hydrogen) atoms. The molecule has 0 aliphatic carbocycles. The number of aliphatic hydroxyl groups excluding tert-OH is 3. The van der Waals surface area contributed by atoms with Crippen LogP contribution in [0.4, 0.5) is 0 Å². The quantitative estimate of drug-likeness (QED) is 0.306. The Kier molecular flexibility index (Phi) is 7.70. The molecular formula is C14H24N2O8. The van der Waals surface area contributed by atoms with E-state index in [1.54, 1.807) is 0 Å². The molecular weight excluding hydrogens is 324 g/mol. The molecule has 1 unspecified atom stereocenters. The van der Waals surface area contributed by atoms with Gasteiger partial charge in [0.15, 0.2) is 6.29 Å². The van der Waals surface area contributed by atoms with E-state index >= 15 is 0 Å². The summed E-state index contributed by atoms with van der Waals surface area (Å²) in [5.74, 6) is -1.11. The lowest BCUT2D eigenvalue weighted by Crippen LogP contribution is -2.65. The molecule has 1 fully saturated rings. The Hall–Kier alpha value is -1.59. The molecule has 1 saturated heterocycles. The van der Waals surface area contributed by atoms with Crippen molar-refractivity contribution in [1.29, 1.82) is 0 Å². The van der Waals surface area contributed by atoms with Crippen molar-refractivity contribution in [2.24, 2.45) is 0 Å². The summed E-state index contributed by atoms with van der Waals surface area (Å²) in [5, 5.41) is 34.2. The molecule has 1 aliphatic heterocycles. The van der Waals surface area contributed by atoms with Crippen LogP contribution in [0.25, 0.3) is 0 Å². The Bertz CT molecular complexity index is 460. The molecule has 10 nitrogen and oxygen atoms in total. The molecule has 0 aromatic heterocycles. The summed E-state index contributed by atoms with van der Waals surface area (Å²) >= 11 is 0. The summed E-state index contributed by atoms with van der Waals surface area (Å²) in [5.41, 5.74) is 0. The fourth-order valence-electron chi connectivity index (χ4n) is 2.31. The first kappa shape index (κ1) is 20.5. The van der Waals surface area contributed by atoms with Crippen LogP contribution in [0.15, 0.2) is 0 Å². The summed E-state index contributed by atoms with van der Waals surface area (Å²) in [6.07, 6.45) is -5.83. The zero-order valence-corrected chi connectivity index (χ0v) is 13.7. The number of aldehydes is 1. The number of hydrogen-bond donors (Lipinski definition) is 5. The lowest BCUT2D eigenvalue weighted by Gasteiger charge is -2.43. The monoisotopic (exact) mass is 348 g/mol. The standard InChI is InChI=1S/C14H24N2O8/c1-6(4-17)15-13(21)7(2)23-12-10(16-8(3)19)14(22)24-9(5-18)11(12)20/h4,6-7,9-12,14,18,20,22H,5H2,1-3H3,(H,15,21)(H,16,19)/t6-,7?,9+,10+,11+,12+,14-/m0/s1. The minimum atomic E-state index is -1.54. The van der Waals surface area contributed by atoms with Crippen molar-refractivity contribution in [3.8, 4) is 0 Å². The number of carbonyl (C=O) groups excluding carboxylic acids is 3. The van der Waals surface area contributed by atoms with Gasteiger partial charge in [0.1, 0.15) is 36.7 Å². The first-order valence-corrected chi connectivity index (χ1v) is 7.52. The fourth-order valence-corrected chi connectivity index (χ4v) is 2.31. The van der Waals surface area contributed by atoms with Crippen molar-refractivity contribution in [3.05, 3.63) is 0 Å². The third-order valence-corrected chi connectivity index (χ3v) is 3.55. The van der Waals surface area contributed by atoms with Crippen molar-refractivity contribution in [2.75, 3.05) is 6.61 Å². The van der Waals surface area contributed by atoms with Gasteiger partial charge in [-0.3, -0.25) is 9.59 Å². The molecule has 138 valence electrons. The van der Waals surface area contributed by atoms with Crippen LogP contribution in [-0.2, 0) is 23.9 Å². The zero-order chi connectivity index (χ0) is 18.4. The maximum absolute atomic E-state index is 11.9. The predicted molar refractivity (Wildman–Crippen MR) is 79.6 cm³/mol. The molecule has 0 radical (unpaired) electrons. The third kappa shape index (κ3) is 5.21. The molecule has 5 N–H and O–H groups in total. The van der Waals surface area contributed by atoms with Gasteiger partial charge in [-0.1, -0.05) is 0 Å². The highest BCUT2D eigenvalue weighted by Gasteiger charge is 2.46. The van der Waals surface area contributed by atoms with Gasteiger partial charge in [-0.05, 0) is 13.8 Å². The average molecular weight is 348 g/mol. The van der Waals surface area contributed by atoms with E-state index in [1.165, 1.54) is 20.8 Å². The number of aliphatic hydroxyl groups is 3. The second-order valence-corrected chi connectivity index (χ2v) is 5.64. The van der Waals surface area contributed by atoms with Crippen LogP contribution in [0.1, 0.15) is 20.8 Å². The molecule has 0 aromatic carbocycles. The van der Waals surface area contributed by atoms with Crippen molar-refractivity contribution in [2.45, 2.75) is 63.6 Å². The molecule has 1 rings (SSSR count). The largest absolute Gasteiger partial charge is 0.394 e. The van der Waals surface area contributed by atoms with Crippen LogP contribution >= 0.6 is 0 Å². The fraction of sp³-hybridized carbons (Fsp3) is 0.786. The van der Waals surface area contributed by atoms with E-state index in [9.17, 15) is 29.7 Å². The van der Waals surface area contributed by atoms with Crippen LogP contribution in [-0.4, -0.2) is 82.8 Å². The van der Waals surface area contributed by atoms with Gasteiger partial charge in [-0.2, -0.15) is 0 Å². The topological polar surface area (TPSA) is 154 Å². The minimum Gasteiger partial charge on any atom is -0.394 e. The zero-order valence-electron chi connectivity index (χ0n) is 13.7. The number of ether oxygens (including phenoxy) is 2. The van der Waals surface area contributed by atoms with Gasteiger partial charge in [0, 0.05) is 6.92 Å². The SMILES string of the molecule is CC(=O)N[C@@H]1[C@@H](OC(C)C(=O)N[C@@H](C)C=O)[C@H](O)[C@@H](CO)O[C@@H]1O. The molecule has 10 heteroatoms. The summed E-state index contributed by atoms with van der Waals surface area (Å²) < 4.78 is 10.5. The molecule has 0 saturated carbocycles. The van der Waals surface area contributed by atoms with E-state index in [-0.39, 0.29) is 0 Å². The van der Waals surface area contributed by atoms with E-state index in [0.717, 1.165) is 0 Å². The van der Waals surface area contributed by atoms with Gasteiger partial charge in [0.05, 0.1) is 12.6 Å². The Morgan fingerprint density at radius 1 is 1.33 bits per heavy atom. The van der Waals surface area contributed by atoms with Crippen LogP contribution in [0, 0.1) is 0 Å². The molecule has 7 atom stereocenters. The Morgan fingerprint density at radius 3 is 2.46 bits per heavy atom. The lowest BCUT2D eigenvalue weighted by molar-refractivity contribution is -0.266. The lowest BCUT2D eigenvalue weighted by atomic mass is 9.96. The van der Waals surface area contributed by atoms with Gasteiger partial charge in [0.25, 0.3) is 0 Å². The number of rotatable bonds is 7. The predicted octanol–water partition coefficient (Wildman–Crippen LogP) is -2.96. The normalized spacial score (nSPS) is 32.5. The Morgan fingerprint density at radius 2 is 1.96 bits per heavy atom. The Labute approximate surface area is 139 Å². The molecule has 2 amide bonds. The van der Waals surface area contributed by atoms with Gasteiger partial charge in [-0.25, -0.2) is 0 Å². The van der Waals surface area contributed by atoms with E-state index in [0.29, 0.717) is 6.29 Å². The summed E-state index contributed by atoms with van der Waals surface area (Å²) in [6, 6.07) is -1.86. The van der Waals surface area contributed by atoms with Crippen LogP contribution in [0.5, 0.6) is 0 Å². The summed E-state index contributed by atoms with van der Waals surface area (Å²) in [6.45, 7) is 3.48. The first-order valence-electron chi connectivity index (χ1n) is 7.52. The first-order chi connectivity index (χ1) is 11.2. The number of nitrogens with one attached hydrogen (secondary N) is 2. The highest BCUT2D eigenvalue weighted by atomic mass is 16.6. The van der Waals surface area contributed by atoms with Crippen molar-refractivity contribution in [3.63, 3.8) is 0 Å². The number of amides is 2. The van der Waals surface area contributed by atoms with E-state index in [4.69, 9.17) is 9.47 Å². The van der Waals surface area contributed by atoms with Crippen molar-refractivity contribution < 1.29 is 39.2 Å². The van der Waals surface area contributed by atoms with E-state index < -0.39 is 61.2 Å². The van der Waals surface area contributed by atoms with E-state index in [2.05, 4.69) is 10.6 Å². The van der Waals surface area contributed by atoms with Crippen LogP contribution in [0.3, 0.4) is 0 Å². The third-order valence-electron chi connectivity index (χ3n) is 3.55. The van der Waals surface area contributed by atoms with Crippen LogP contribution < -0.4 is 10.6 Å². The highest BCUT2D eigenvalue weighted by molar-refractivity contribution is 5.83. The van der Waals surface area contributed by atoms with E-state index in [1.807, 2.05) is 0 Å². The van der Waals surface area contributed by atoms with Gasteiger partial charge in [0.2, 0.25) is 11.8 Å². The van der Waals surface area contributed by atoms with Gasteiger partial charge < -0.3 is 40.2 Å². The second kappa shape index (κ2) is 9.04. The highest BCUT2D eigenvalue weighted by Crippen LogP contribution is 2.23.